The topological polar surface area (TPSA) is 59.3 Å². The Kier molecular flexibility index (Phi) is 4.19. The van der Waals surface area contributed by atoms with Crippen LogP contribution in [0.1, 0.15) is 17.2 Å². The number of phenolic OH excluding ortho intramolecular Hbond substituents is 1. The summed E-state index contributed by atoms with van der Waals surface area (Å²) in [4.78, 5) is 7.42. The van der Waals surface area contributed by atoms with Crippen molar-refractivity contribution < 1.29 is 14.5 Å². The number of aromatic nitrogens is 2. The van der Waals surface area contributed by atoms with Gasteiger partial charge in [-0.3, -0.25) is 10.3 Å². The van der Waals surface area contributed by atoms with E-state index in [1.54, 1.807) is 18.3 Å². The minimum atomic E-state index is -0.374. The Hall–Kier alpha value is -3.47. The Balaban J connectivity index is 1.84. The molecule has 0 saturated heterocycles. The molecule has 1 atom stereocenters. The van der Waals surface area contributed by atoms with Crippen LogP contribution in [0.25, 0.3) is 10.9 Å². The second-order valence-corrected chi connectivity index (χ2v) is 5.98. The molecule has 0 aliphatic rings. The van der Waals surface area contributed by atoms with Crippen molar-refractivity contribution in [3.8, 4) is 5.75 Å². The molecule has 0 saturated carbocycles. The van der Waals surface area contributed by atoms with Crippen LogP contribution >= 0.6 is 0 Å². The molecule has 5 heteroatoms. The number of benzene rings is 2. The lowest BCUT2D eigenvalue weighted by Crippen LogP contribution is -2.19. The Morgan fingerprint density at radius 1 is 0.962 bits per heavy atom. The number of anilines is 1. The van der Waals surface area contributed by atoms with Crippen LogP contribution in [0.4, 0.5) is 10.2 Å². The summed E-state index contributed by atoms with van der Waals surface area (Å²) in [6.45, 7) is 0. The maximum absolute atomic E-state index is 13.4. The smallest absolute Gasteiger partial charge is 0.272 e. The number of hydrogen-bond donors (Lipinski definition) is 2. The normalized spacial score (nSPS) is 12.0. The molecule has 0 aliphatic carbocycles. The monoisotopic (exact) mass is 346 g/mol. The number of pyridine rings is 2. The standard InChI is InChI=1S/C21H16FN3O/c22-16-9-6-15(7-10-16)19(25-18-5-1-2-12-23-18)17-11-8-14-4-3-13-24-20(14)21(17)26/h1-13,19,26H,(H,23,25)/p+1. The molecule has 0 aliphatic heterocycles. The molecule has 26 heavy (non-hydrogen) atoms. The van der Waals surface area contributed by atoms with Crippen LogP contribution in [0.3, 0.4) is 0 Å². The molecule has 2 heterocycles. The van der Waals surface area contributed by atoms with Crippen LogP contribution in [-0.4, -0.2) is 10.1 Å². The third-order valence-electron chi connectivity index (χ3n) is 4.30. The fourth-order valence-electron chi connectivity index (χ4n) is 3.01. The van der Waals surface area contributed by atoms with Crippen LogP contribution in [0, 0.1) is 5.82 Å². The average molecular weight is 346 g/mol. The van der Waals surface area contributed by atoms with Gasteiger partial charge in [0, 0.05) is 28.8 Å². The van der Waals surface area contributed by atoms with E-state index in [0.29, 0.717) is 11.1 Å². The quantitative estimate of drug-likeness (QED) is 0.585. The second kappa shape index (κ2) is 6.80. The lowest BCUT2D eigenvalue weighted by atomic mass is 9.96. The van der Waals surface area contributed by atoms with E-state index in [2.05, 4.69) is 15.3 Å². The molecule has 2 aromatic heterocycles. The lowest BCUT2D eigenvalue weighted by molar-refractivity contribution is -0.361. The number of halogens is 1. The number of rotatable bonds is 4. The third-order valence-corrected chi connectivity index (χ3v) is 4.30. The molecule has 1 unspecified atom stereocenters. The van der Waals surface area contributed by atoms with Crippen LogP contribution in [0.2, 0.25) is 0 Å². The van der Waals surface area contributed by atoms with E-state index in [-0.39, 0.29) is 17.6 Å². The predicted molar refractivity (Wildman–Crippen MR) is 98.3 cm³/mol. The highest BCUT2D eigenvalue weighted by molar-refractivity contribution is 5.85. The number of H-pyrrole nitrogens is 1. The highest BCUT2D eigenvalue weighted by atomic mass is 19.1. The van der Waals surface area contributed by atoms with Gasteiger partial charge in [-0.25, -0.2) is 9.37 Å². The summed E-state index contributed by atoms with van der Waals surface area (Å²) in [6.07, 6.45) is 3.46. The highest BCUT2D eigenvalue weighted by Gasteiger charge is 2.24. The fraction of sp³-hybridized carbons (Fsp3) is 0.0476. The van der Waals surface area contributed by atoms with Gasteiger partial charge in [0.1, 0.15) is 23.1 Å². The Bertz CT molecular complexity index is 1040. The summed E-state index contributed by atoms with van der Waals surface area (Å²) in [5, 5.41) is 15.1. The summed E-state index contributed by atoms with van der Waals surface area (Å²) >= 11 is 0. The molecule has 2 aromatic carbocycles. The van der Waals surface area contributed by atoms with Crippen LogP contribution < -0.4 is 10.3 Å². The van der Waals surface area contributed by atoms with E-state index in [0.717, 1.165) is 16.8 Å². The lowest BCUT2D eigenvalue weighted by Gasteiger charge is -2.17. The van der Waals surface area contributed by atoms with Crippen molar-refractivity contribution in [1.29, 1.82) is 0 Å². The van der Waals surface area contributed by atoms with Crippen molar-refractivity contribution in [1.82, 2.24) is 4.98 Å². The predicted octanol–water partition coefficient (Wildman–Crippen LogP) is 4.10. The van der Waals surface area contributed by atoms with Gasteiger partial charge in [-0.1, -0.05) is 30.3 Å². The summed E-state index contributed by atoms with van der Waals surface area (Å²) in [5.74, 6) is 0.589. The molecular weight excluding hydrogens is 329 g/mol. The van der Waals surface area contributed by atoms with Gasteiger partial charge in [0.2, 0.25) is 0 Å². The van der Waals surface area contributed by atoms with Crippen LogP contribution in [0.5, 0.6) is 5.75 Å². The van der Waals surface area contributed by atoms with Crippen molar-refractivity contribution >= 4 is 16.7 Å². The molecule has 0 amide bonds. The van der Waals surface area contributed by atoms with Crippen molar-refractivity contribution in [3.05, 3.63) is 96.1 Å². The van der Waals surface area contributed by atoms with Gasteiger partial charge in [0.25, 0.3) is 5.82 Å². The zero-order valence-electron chi connectivity index (χ0n) is 13.9. The molecule has 0 bridgehead atoms. The maximum atomic E-state index is 13.4. The van der Waals surface area contributed by atoms with Crippen LogP contribution in [0.15, 0.2) is 79.1 Å². The Morgan fingerprint density at radius 3 is 2.58 bits per heavy atom. The summed E-state index contributed by atoms with van der Waals surface area (Å²) < 4.78 is 13.4. The van der Waals surface area contributed by atoms with Gasteiger partial charge in [0.05, 0.1) is 6.20 Å². The van der Waals surface area contributed by atoms with E-state index in [1.165, 1.54) is 12.1 Å². The number of nitrogens with one attached hydrogen (secondary N) is 2. The number of aromatic amines is 1. The third kappa shape index (κ3) is 3.07. The fourth-order valence-corrected chi connectivity index (χ4v) is 3.01. The van der Waals surface area contributed by atoms with Gasteiger partial charge >= 0.3 is 0 Å². The number of phenols is 1. The first kappa shape index (κ1) is 16.0. The van der Waals surface area contributed by atoms with Gasteiger partial charge in [0.15, 0.2) is 0 Å². The van der Waals surface area contributed by atoms with Gasteiger partial charge < -0.3 is 5.11 Å². The van der Waals surface area contributed by atoms with E-state index in [1.807, 2.05) is 48.7 Å². The van der Waals surface area contributed by atoms with Crippen molar-refractivity contribution in [2.75, 3.05) is 5.32 Å². The van der Waals surface area contributed by atoms with E-state index in [4.69, 9.17) is 0 Å². The first-order valence-corrected chi connectivity index (χ1v) is 8.28. The molecule has 128 valence electrons. The van der Waals surface area contributed by atoms with E-state index >= 15 is 0 Å². The first-order valence-electron chi connectivity index (χ1n) is 8.28. The molecule has 3 N–H and O–H groups in total. The summed E-state index contributed by atoms with van der Waals surface area (Å²) in [7, 11) is 0. The molecular formula is C21H17FN3O+. The van der Waals surface area contributed by atoms with Crippen molar-refractivity contribution in [2.45, 2.75) is 6.04 Å². The zero-order chi connectivity index (χ0) is 17.9. The first-order chi connectivity index (χ1) is 12.7. The van der Waals surface area contributed by atoms with Gasteiger partial charge in [-0.15, -0.1) is 0 Å². The summed E-state index contributed by atoms with van der Waals surface area (Å²) in [5.41, 5.74) is 2.03. The largest absolute Gasteiger partial charge is 0.505 e. The number of aromatic hydroxyl groups is 1. The number of hydrogen-bond acceptors (Lipinski definition) is 3. The zero-order valence-corrected chi connectivity index (χ0v) is 13.9. The van der Waals surface area contributed by atoms with E-state index in [9.17, 15) is 9.50 Å². The minimum Gasteiger partial charge on any atom is -0.505 e. The van der Waals surface area contributed by atoms with Gasteiger partial charge in [-0.05, 0) is 30.3 Å². The highest BCUT2D eigenvalue weighted by Crippen LogP contribution is 2.35. The molecule has 4 aromatic rings. The molecule has 0 fully saturated rings. The molecule has 0 radical (unpaired) electrons. The van der Waals surface area contributed by atoms with Gasteiger partial charge in [-0.2, -0.15) is 0 Å². The SMILES string of the molecule is Oc1c(C(Nc2cccc[nH+]2)c2ccc(F)cc2)ccc2cccnc12. The minimum absolute atomic E-state index is 0.112. The Morgan fingerprint density at radius 2 is 1.81 bits per heavy atom. The van der Waals surface area contributed by atoms with Crippen LogP contribution in [-0.2, 0) is 0 Å². The van der Waals surface area contributed by atoms with Crippen molar-refractivity contribution in [2.24, 2.45) is 0 Å². The average Bonchev–Trinajstić information content (AvgIpc) is 2.69. The molecule has 4 rings (SSSR count). The number of nitrogens with zero attached hydrogens (tertiary/aromatic N) is 1. The second-order valence-electron chi connectivity index (χ2n) is 5.98. The van der Waals surface area contributed by atoms with Crippen molar-refractivity contribution in [3.63, 3.8) is 0 Å². The maximum Gasteiger partial charge on any atom is 0.272 e. The van der Waals surface area contributed by atoms with E-state index < -0.39 is 0 Å². The Labute approximate surface area is 150 Å². The molecule has 4 nitrogen and oxygen atoms in total. The number of fused-ring (bicyclic) bond motifs is 1. The molecule has 0 spiro atoms. The summed E-state index contributed by atoms with van der Waals surface area (Å²) in [6, 6.07) is 19.1.